The van der Waals surface area contributed by atoms with Gasteiger partial charge in [0.25, 0.3) is 11.6 Å². The third kappa shape index (κ3) is 2.97. The number of anilines is 2. The first-order valence-electron chi connectivity index (χ1n) is 8.31. The summed E-state index contributed by atoms with van der Waals surface area (Å²) in [5, 5.41) is 14.1. The van der Waals surface area contributed by atoms with Crippen LogP contribution in [0.15, 0.2) is 49.0 Å². The Bertz CT molecular complexity index is 980. The molecule has 0 saturated heterocycles. The summed E-state index contributed by atoms with van der Waals surface area (Å²) < 4.78 is 0. The van der Waals surface area contributed by atoms with Gasteiger partial charge < -0.3 is 10.2 Å². The lowest BCUT2D eigenvalue weighted by Gasteiger charge is -2.17. The molecule has 1 heterocycles. The Morgan fingerprint density at radius 2 is 1.85 bits per heavy atom. The van der Waals surface area contributed by atoms with Gasteiger partial charge in [-0.15, -0.1) is 0 Å². The van der Waals surface area contributed by atoms with Crippen LogP contribution in [-0.4, -0.2) is 23.8 Å². The van der Waals surface area contributed by atoms with Gasteiger partial charge in [-0.1, -0.05) is 36.9 Å². The number of fused-ring (bicyclic) bond motifs is 1. The van der Waals surface area contributed by atoms with E-state index < -0.39 is 16.2 Å². The normalized spacial score (nSPS) is 14.6. The molecule has 2 amide bonds. The minimum Gasteiger partial charge on any atom is -0.316 e. The monoisotopic (exact) mass is 365 g/mol. The highest BCUT2D eigenvalue weighted by molar-refractivity contribution is 6.25. The van der Waals surface area contributed by atoms with Gasteiger partial charge in [-0.2, -0.15) is 0 Å². The minimum absolute atomic E-state index is 0.0389. The zero-order valence-corrected chi connectivity index (χ0v) is 15.3. The van der Waals surface area contributed by atoms with Gasteiger partial charge in [0.1, 0.15) is 5.69 Å². The lowest BCUT2D eigenvalue weighted by Crippen LogP contribution is -2.33. The number of carbonyl (C=O) groups is 2. The molecule has 0 atom stereocenters. The Labute approximate surface area is 156 Å². The molecule has 7 nitrogen and oxygen atoms in total. The molecule has 0 bridgehead atoms. The molecule has 0 aromatic heterocycles. The third-order valence-electron chi connectivity index (χ3n) is 4.83. The number of likely N-dealkylation sites (N-methyl/N-ethyl adjacent to an activating group) is 1. The van der Waals surface area contributed by atoms with Gasteiger partial charge in [0.05, 0.1) is 16.0 Å². The average molecular weight is 365 g/mol. The van der Waals surface area contributed by atoms with E-state index in [-0.39, 0.29) is 22.9 Å². The van der Waals surface area contributed by atoms with Gasteiger partial charge in [0, 0.05) is 18.7 Å². The second-order valence-corrected chi connectivity index (χ2v) is 6.93. The van der Waals surface area contributed by atoms with E-state index in [4.69, 9.17) is 0 Å². The fourth-order valence-electron chi connectivity index (χ4n) is 3.22. The molecule has 138 valence electrons. The smallest absolute Gasteiger partial charge is 0.294 e. The van der Waals surface area contributed by atoms with Gasteiger partial charge in [-0.05, 0) is 31.0 Å². The van der Waals surface area contributed by atoms with Gasteiger partial charge in [-0.3, -0.25) is 19.7 Å². The highest BCUT2D eigenvalue weighted by Gasteiger charge is 2.44. The number of carbonyl (C=O) groups excluding carboxylic acids is 2. The van der Waals surface area contributed by atoms with Crippen LogP contribution in [0.1, 0.15) is 25.0 Å². The summed E-state index contributed by atoms with van der Waals surface area (Å²) in [6, 6.07) is 11.7. The van der Waals surface area contributed by atoms with Crippen molar-refractivity contribution in [1.82, 2.24) is 0 Å². The van der Waals surface area contributed by atoms with Crippen molar-refractivity contribution in [3.05, 3.63) is 70.3 Å². The Hall–Kier alpha value is -3.48. The summed E-state index contributed by atoms with van der Waals surface area (Å²) in [6.07, 6.45) is 0. The van der Waals surface area contributed by atoms with Crippen LogP contribution >= 0.6 is 0 Å². The van der Waals surface area contributed by atoms with Gasteiger partial charge in [0.15, 0.2) is 0 Å². The van der Waals surface area contributed by atoms with E-state index >= 15 is 0 Å². The number of nitro groups is 1. The molecule has 0 radical (unpaired) electrons. The Morgan fingerprint density at radius 1 is 1.22 bits per heavy atom. The van der Waals surface area contributed by atoms with E-state index in [9.17, 15) is 19.7 Å². The lowest BCUT2D eigenvalue weighted by atomic mass is 9.85. The summed E-state index contributed by atoms with van der Waals surface area (Å²) in [6.45, 7) is 7.27. The van der Waals surface area contributed by atoms with Crippen LogP contribution in [0.5, 0.6) is 0 Å². The highest BCUT2D eigenvalue weighted by atomic mass is 16.6. The maximum Gasteiger partial charge on any atom is 0.294 e. The first kappa shape index (κ1) is 18.3. The average Bonchev–Trinajstić information content (AvgIpc) is 2.81. The molecule has 0 aliphatic carbocycles. The molecule has 1 aliphatic rings. The van der Waals surface area contributed by atoms with Crippen molar-refractivity contribution in [2.24, 2.45) is 0 Å². The van der Waals surface area contributed by atoms with E-state index in [0.29, 0.717) is 16.8 Å². The zero-order valence-electron chi connectivity index (χ0n) is 15.3. The number of benzene rings is 2. The maximum absolute atomic E-state index is 12.6. The second kappa shape index (κ2) is 6.35. The molecule has 0 saturated carbocycles. The van der Waals surface area contributed by atoms with E-state index in [1.807, 2.05) is 6.07 Å². The molecule has 0 spiro atoms. The van der Waals surface area contributed by atoms with Crippen LogP contribution < -0.4 is 10.2 Å². The van der Waals surface area contributed by atoms with Crippen molar-refractivity contribution in [3.63, 3.8) is 0 Å². The maximum atomic E-state index is 12.6. The molecule has 1 N–H and O–H groups in total. The topological polar surface area (TPSA) is 92.5 Å². The van der Waals surface area contributed by atoms with Crippen LogP contribution in [0.3, 0.4) is 0 Å². The van der Waals surface area contributed by atoms with Crippen LogP contribution in [0.4, 0.5) is 17.1 Å². The molecule has 1 aliphatic heterocycles. The molecule has 7 heteroatoms. The van der Waals surface area contributed by atoms with Crippen molar-refractivity contribution < 1.29 is 14.5 Å². The van der Waals surface area contributed by atoms with Crippen LogP contribution in [0.2, 0.25) is 0 Å². The van der Waals surface area contributed by atoms with Gasteiger partial charge in [-0.25, -0.2) is 0 Å². The molecule has 2 aromatic rings. The van der Waals surface area contributed by atoms with E-state index in [0.717, 1.165) is 0 Å². The first-order valence-corrected chi connectivity index (χ1v) is 8.31. The summed E-state index contributed by atoms with van der Waals surface area (Å²) in [5.74, 6) is -0.705. The van der Waals surface area contributed by atoms with Gasteiger partial charge in [0.2, 0.25) is 5.91 Å². The molecule has 3 rings (SSSR count). The van der Waals surface area contributed by atoms with Crippen molar-refractivity contribution in [3.8, 4) is 0 Å². The SMILES string of the molecule is C=C(C(=O)Nc1cc2c(cc1[N+](=O)[O-])N(C)C(=O)C2(C)C)c1ccccc1. The highest BCUT2D eigenvalue weighted by Crippen LogP contribution is 2.45. The molecule has 27 heavy (non-hydrogen) atoms. The predicted octanol–water partition coefficient (Wildman–Crippen LogP) is 3.50. The number of hydrogen-bond donors (Lipinski definition) is 1. The first-order chi connectivity index (χ1) is 12.6. The number of hydrogen-bond acceptors (Lipinski definition) is 4. The number of rotatable bonds is 4. The van der Waals surface area contributed by atoms with Crippen molar-refractivity contribution >= 4 is 34.4 Å². The molecule has 0 fully saturated rings. The summed E-state index contributed by atoms with van der Waals surface area (Å²) in [7, 11) is 1.58. The standard InChI is InChI=1S/C20H19N3O4/c1-12(13-8-6-5-7-9-13)18(24)21-15-10-14-16(11-17(15)23(26)27)22(4)19(25)20(14,2)3/h5-11H,1H2,2-4H3,(H,21,24). The molecule has 2 aromatic carbocycles. The van der Waals surface area contributed by atoms with E-state index in [1.54, 1.807) is 45.2 Å². The quantitative estimate of drug-likeness (QED) is 0.510. The Balaban J connectivity index is 2.02. The van der Waals surface area contributed by atoms with Crippen LogP contribution in [-0.2, 0) is 15.0 Å². The number of nitrogens with one attached hydrogen (secondary N) is 1. The minimum atomic E-state index is -0.838. The van der Waals surface area contributed by atoms with E-state index in [1.165, 1.54) is 17.0 Å². The fourth-order valence-corrected chi connectivity index (χ4v) is 3.22. The zero-order chi connectivity index (χ0) is 19.9. The number of amides is 2. The van der Waals surface area contributed by atoms with Gasteiger partial charge >= 0.3 is 0 Å². The number of nitrogens with zero attached hydrogens (tertiary/aromatic N) is 2. The van der Waals surface area contributed by atoms with Crippen molar-refractivity contribution in [1.29, 1.82) is 0 Å². The Kier molecular flexibility index (Phi) is 4.31. The second-order valence-electron chi connectivity index (χ2n) is 6.93. The molecule has 0 unspecified atom stereocenters. The number of nitro benzene ring substituents is 1. The largest absolute Gasteiger partial charge is 0.316 e. The van der Waals surface area contributed by atoms with Crippen molar-refractivity contribution in [2.45, 2.75) is 19.3 Å². The molecular weight excluding hydrogens is 346 g/mol. The van der Waals surface area contributed by atoms with Crippen LogP contribution in [0.25, 0.3) is 5.57 Å². The summed E-state index contributed by atoms with van der Waals surface area (Å²) in [5.41, 5.74) is 0.830. The predicted molar refractivity (Wildman–Crippen MR) is 104 cm³/mol. The fraction of sp³-hybridized carbons (Fsp3) is 0.200. The molecular formula is C20H19N3O4. The summed E-state index contributed by atoms with van der Waals surface area (Å²) >= 11 is 0. The lowest BCUT2D eigenvalue weighted by molar-refractivity contribution is -0.383. The van der Waals surface area contributed by atoms with E-state index in [2.05, 4.69) is 11.9 Å². The summed E-state index contributed by atoms with van der Waals surface area (Å²) in [4.78, 5) is 37.4. The third-order valence-corrected chi connectivity index (χ3v) is 4.83. The Morgan fingerprint density at radius 3 is 2.44 bits per heavy atom. The van der Waals surface area contributed by atoms with Crippen molar-refractivity contribution in [2.75, 3.05) is 17.3 Å². The van der Waals surface area contributed by atoms with Crippen LogP contribution in [0, 0.1) is 10.1 Å².